The molecule has 144 valence electrons. The number of nitrogens with zero attached hydrogens (tertiary/aromatic N) is 2. The number of nitrogens with one attached hydrogen (secondary N) is 1. The van der Waals surface area contributed by atoms with Gasteiger partial charge in [-0.15, -0.1) is 5.53 Å². The van der Waals surface area contributed by atoms with Crippen LogP contribution in [-0.4, -0.2) is 26.2 Å². The van der Waals surface area contributed by atoms with E-state index >= 15 is 0 Å². The molecule has 0 atom stereocenters. The van der Waals surface area contributed by atoms with Gasteiger partial charge in [-0.25, -0.2) is 0 Å². The Bertz CT molecular complexity index is 129. The average molecular weight is 336 g/mol. The van der Waals surface area contributed by atoms with Crippen molar-refractivity contribution in [2.24, 2.45) is 22.9 Å². The number of nitrogens with two attached hydrogens (primary N) is 4. The van der Waals surface area contributed by atoms with Crippen molar-refractivity contribution in [3.63, 3.8) is 0 Å². The van der Waals surface area contributed by atoms with Crippen LogP contribution in [0, 0.1) is 5.53 Å². The summed E-state index contributed by atoms with van der Waals surface area (Å²) in [5.74, 6) is 0. The molecule has 0 unspecified atom stereocenters. The summed E-state index contributed by atoms with van der Waals surface area (Å²) < 4.78 is 0. The van der Waals surface area contributed by atoms with Gasteiger partial charge in [-0.2, -0.15) is 0 Å². The first kappa shape index (κ1) is 33.7. The van der Waals surface area contributed by atoms with E-state index in [4.69, 9.17) is 34.0 Å². The molecule has 9 N–H and O–H groups in total. The third kappa shape index (κ3) is 152. The first-order valence-electron chi connectivity index (χ1n) is 8.89. The zero-order valence-electron chi connectivity index (χ0n) is 16.2. The lowest BCUT2D eigenvalue weighted by molar-refractivity contribution is 0.807. The van der Waals surface area contributed by atoms with E-state index in [-0.39, 0.29) is 0 Å². The molecule has 23 heavy (non-hydrogen) atoms. The van der Waals surface area contributed by atoms with Crippen molar-refractivity contribution in [2.75, 3.05) is 26.2 Å². The van der Waals surface area contributed by atoms with Gasteiger partial charge in [-0.05, 0) is 62.3 Å². The van der Waals surface area contributed by atoms with Gasteiger partial charge in [0.15, 0.2) is 0 Å². The number of unbranched alkanes of at least 4 members (excludes halogenated alkanes) is 4. The molecule has 7 heteroatoms. The lowest BCUT2D eigenvalue weighted by Crippen LogP contribution is -1.95. The minimum absolute atomic E-state index is 0.844. The van der Waals surface area contributed by atoms with Crippen LogP contribution < -0.4 is 22.9 Å². The molecule has 0 fully saturated rings. The summed E-state index contributed by atoms with van der Waals surface area (Å²) in [5.41, 5.74) is 32.8. The molecule has 0 bridgehead atoms. The maximum atomic E-state index is 6.86. The molecule has 0 saturated carbocycles. The predicted molar refractivity (Wildman–Crippen MR) is 105 cm³/mol. The summed E-state index contributed by atoms with van der Waals surface area (Å²) in [6.45, 7) is 11.9. The van der Waals surface area contributed by atoms with E-state index in [0.29, 0.717) is 0 Å². The van der Waals surface area contributed by atoms with Gasteiger partial charge in [0.1, 0.15) is 0 Å². The lowest BCUT2D eigenvalue weighted by Gasteiger charge is -1.80. The highest BCUT2D eigenvalue weighted by Gasteiger charge is 1.69. The highest BCUT2D eigenvalue weighted by molar-refractivity contribution is 4.30. The van der Waals surface area contributed by atoms with Gasteiger partial charge >= 0.3 is 0 Å². The fourth-order valence-electron chi connectivity index (χ4n) is 0.816. The molecule has 0 aliphatic rings. The van der Waals surface area contributed by atoms with Gasteiger partial charge in [-0.1, -0.05) is 53.4 Å². The molecule has 0 aliphatic heterocycles. The normalized spacial score (nSPS) is 7.65. The van der Waals surface area contributed by atoms with E-state index in [0.717, 1.165) is 26.2 Å². The maximum Gasteiger partial charge on any atom is -0.00208 e. The van der Waals surface area contributed by atoms with Crippen LogP contribution in [0.1, 0.15) is 79.1 Å². The maximum absolute atomic E-state index is 6.86. The topological polar surface area (TPSA) is 164 Å². The molecular formula is C16H45N7. The van der Waals surface area contributed by atoms with E-state index in [1.165, 1.54) is 51.4 Å². The van der Waals surface area contributed by atoms with Crippen LogP contribution in [0.4, 0.5) is 0 Å². The van der Waals surface area contributed by atoms with E-state index in [1.54, 1.807) is 4.91 Å². The summed E-state index contributed by atoms with van der Waals surface area (Å²) in [5, 5.41) is 0. The summed E-state index contributed by atoms with van der Waals surface area (Å²) in [7, 11) is 0. The molecule has 0 aliphatic carbocycles. The third-order valence-electron chi connectivity index (χ3n) is 2.23. The molecule has 7 nitrogen and oxygen atoms in total. The van der Waals surface area contributed by atoms with E-state index in [2.05, 4.69) is 27.7 Å². The van der Waals surface area contributed by atoms with Crippen LogP contribution in [0.15, 0.2) is 0 Å². The predicted octanol–water partition coefficient (Wildman–Crippen LogP) is 3.86. The molecule has 0 amide bonds. The summed E-state index contributed by atoms with van der Waals surface area (Å²) in [6, 6.07) is 0. The summed E-state index contributed by atoms with van der Waals surface area (Å²) in [4.78, 5) is 1.75. The number of hydrogen-bond donors (Lipinski definition) is 5. The zero-order valence-corrected chi connectivity index (χ0v) is 16.2. The fourth-order valence-corrected chi connectivity index (χ4v) is 0.816. The summed E-state index contributed by atoms with van der Waals surface area (Å²) in [6.07, 6.45) is 9.54. The average Bonchev–Trinajstić information content (AvgIpc) is 2.53. The van der Waals surface area contributed by atoms with E-state index in [9.17, 15) is 0 Å². The molecule has 0 radical (unpaired) electrons. The van der Waals surface area contributed by atoms with Gasteiger partial charge in [0.25, 0.3) is 0 Å². The molecule has 0 aromatic heterocycles. The monoisotopic (exact) mass is 335 g/mol. The molecule has 0 saturated heterocycles. The molecule has 0 aromatic rings. The van der Waals surface area contributed by atoms with Crippen LogP contribution in [0.5, 0.6) is 0 Å². The van der Waals surface area contributed by atoms with Crippen molar-refractivity contribution >= 4 is 0 Å². The second-order valence-corrected chi connectivity index (χ2v) is 4.67. The van der Waals surface area contributed by atoms with E-state index in [1.807, 2.05) is 0 Å². The molecular weight excluding hydrogens is 290 g/mol. The quantitative estimate of drug-likeness (QED) is 0.258. The van der Waals surface area contributed by atoms with Crippen LogP contribution in [0.3, 0.4) is 0 Å². The number of rotatable bonds is 8. The highest BCUT2D eigenvalue weighted by atomic mass is 15.0. The van der Waals surface area contributed by atoms with Gasteiger partial charge in [0, 0.05) is 0 Å². The van der Waals surface area contributed by atoms with Crippen molar-refractivity contribution < 1.29 is 0 Å². The van der Waals surface area contributed by atoms with Crippen molar-refractivity contribution in [2.45, 2.75) is 79.1 Å². The van der Waals surface area contributed by atoms with E-state index < -0.39 is 0 Å². The fraction of sp³-hybridized carbons (Fsp3) is 1.00. The van der Waals surface area contributed by atoms with Gasteiger partial charge in [0.2, 0.25) is 0 Å². The Labute approximate surface area is 145 Å². The van der Waals surface area contributed by atoms with Crippen molar-refractivity contribution in [1.29, 1.82) is 5.53 Å². The lowest BCUT2D eigenvalue weighted by atomic mass is 10.3. The minimum atomic E-state index is 0.844. The Balaban J connectivity index is -0.0000000593. The van der Waals surface area contributed by atoms with Crippen LogP contribution >= 0.6 is 0 Å². The Kier molecular flexibility index (Phi) is 85.2. The van der Waals surface area contributed by atoms with Gasteiger partial charge < -0.3 is 22.9 Å². The molecule has 0 aromatic carbocycles. The van der Waals surface area contributed by atoms with Gasteiger partial charge in [-0.3, -0.25) is 0 Å². The summed E-state index contributed by atoms with van der Waals surface area (Å²) >= 11 is 0. The Hall–Kier alpha value is -0.850. The highest BCUT2D eigenvalue weighted by Crippen LogP contribution is 1.78. The van der Waals surface area contributed by atoms with Crippen LogP contribution in [-0.2, 0) is 0 Å². The van der Waals surface area contributed by atoms with Gasteiger partial charge in [0.05, 0.1) is 0 Å². The van der Waals surface area contributed by atoms with Crippen molar-refractivity contribution in [3.05, 3.63) is 10.4 Å². The van der Waals surface area contributed by atoms with Crippen LogP contribution in [0.2, 0.25) is 0 Å². The Morgan fingerprint density at radius 1 is 0.609 bits per heavy atom. The van der Waals surface area contributed by atoms with Crippen LogP contribution in [0.25, 0.3) is 10.4 Å². The van der Waals surface area contributed by atoms with Crippen molar-refractivity contribution in [1.82, 2.24) is 0 Å². The second kappa shape index (κ2) is 58.2. The first-order valence-corrected chi connectivity index (χ1v) is 8.89. The Morgan fingerprint density at radius 3 is 0.739 bits per heavy atom. The zero-order chi connectivity index (χ0) is 19.2. The molecule has 0 heterocycles. The SMILES string of the molecule is CCCCN.CCCCN.CCCCN.CCCCN.[N-]=[N+]=N. The standard InChI is InChI=1S/4C4H11N.HN3/c4*1-2-3-4-5;1-3-2/h4*2-5H2,1H3;1H. The number of hydrogen-bond acceptors (Lipinski definition) is 5. The Morgan fingerprint density at radius 2 is 0.739 bits per heavy atom. The first-order chi connectivity index (χ1) is 11.1. The molecule has 0 spiro atoms. The second-order valence-electron chi connectivity index (χ2n) is 4.67. The smallest absolute Gasteiger partial charge is 0.00208 e. The van der Waals surface area contributed by atoms with Crippen molar-refractivity contribution in [3.8, 4) is 0 Å². The third-order valence-corrected chi connectivity index (χ3v) is 2.23. The largest absolute Gasteiger partial charge is 0.330 e. The molecule has 0 rings (SSSR count). The minimum Gasteiger partial charge on any atom is -0.330 e.